The van der Waals surface area contributed by atoms with Crippen molar-refractivity contribution in [3.05, 3.63) is 83.4 Å². The summed E-state index contributed by atoms with van der Waals surface area (Å²) in [6, 6.07) is 20.1. The lowest BCUT2D eigenvalue weighted by molar-refractivity contribution is 0.0951. The van der Waals surface area contributed by atoms with Crippen molar-refractivity contribution in [1.29, 1.82) is 0 Å². The monoisotopic (exact) mass is 445 g/mol. The van der Waals surface area contributed by atoms with E-state index >= 15 is 0 Å². The van der Waals surface area contributed by atoms with Crippen LogP contribution in [-0.4, -0.2) is 25.5 Å². The second-order valence-electron chi connectivity index (χ2n) is 8.36. The molecule has 0 aliphatic rings. The van der Waals surface area contributed by atoms with Gasteiger partial charge in [0.05, 0.1) is 7.11 Å². The second kappa shape index (κ2) is 11.2. The average molecular weight is 446 g/mol. The molecule has 0 fully saturated rings. The normalized spacial score (nSPS) is 10.6. The molecule has 0 spiro atoms. The van der Waals surface area contributed by atoms with Crippen molar-refractivity contribution in [3.8, 4) is 5.75 Å². The fourth-order valence-corrected chi connectivity index (χ4v) is 3.28. The van der Waals surface area contributed by atoms with Crippen molar-refractivity contribution in [1.82, 2.24) is 5.32 Å². The predicted molar refractivity (Wildman–Crippen MR) is 134 cm³/mol. The zero-order valence-electron chi connectivity index (χ0n) is 19.6. The molecule has 6 heteroatoms. The third-order valence-corrected chi connectivity index (χ3v) is 5.25. The maximum absolute atomic E-state index is 12.5. The Hall–Kier alpha value is -3.80. The first-order chi connectivity index (χ1) is 15.9. The Bertz CT molecular complexity index is 1110. The average Bonchev–Trinajstić information content (AvgIpc) is 2.81. The number of hydrogen-bond donors (Lipinski definition) is 3. The molecule has 0 aliphatic carbocycles. The summed E-state index contributed by atoms with van der Waals surface area (Å²) in [5.41, 5.74) is 4.65. The smallest absolute Gasteiger partial charge is 0.255 e. The first kappa shape index (κ1) is 23.9. The highest BCUT2D eigenvalue weighted by molar-refractivity contribution is 6.04. The van der Waals surface area contributed by atoms with Gasteiger partial charge in [0.2, 0.25) is 0 Å². The molecular formula is C27H31N3O3. The molecule has 0 saturated carbocycles. The predicted octanol–water partition coefficient (Wildman–Crippen LogP) is 5.78. The van der Waals surface area contributed by atoms with Gasteiger partial charge in [-0.05, 0) is 85.5 Å². The topological polar surface area (TPSA) is 79.5 Å². The van der Waals surface area contributed by atoms with Crippen LogP contribution in [0.25, 0.3) is 0 Å². The molecular weight excluding hydrogens is 414 g/mol. The van der Waals surface area contributed by atoms with Crippen molar-refractivity contribution >= 4 is 28.9 Å². The molecule has 172 valence electrons. The minimum absolute atomic E-state index is 0.0542. The van der Waals surface area contributed by atoms with Gasteiger partial charge in [-0.1, -0.05) is 19.9 Å². The molecule has 0 aromatic heterocycles. The number of carbonyl (C=O) groups excluding carboxylic acids is 2. The molecule has 0 bridgehead atoms. The summed E-state index contributed by atoms with van der Waals surface area (Å²) < 4.78 is 5.17. The number of hydrogen-bond acceptors (Lipinski definition) is 4. The van der Waals surface area contributed by atoms with Crippen molar-refractivity contribution in [2.24, 2.45) is 5.92 Å². The fraction of sp³-hybridized carbons (Fsp3) is 0.259. The number of amides is 2. The maximum atomic E-state index is 12.5. The van der Waals surface area contributed by atoms with Crippen LogP contribution in [0.5, 0.6) is 5.75 Å². The zero-order chi connectivity index (χ0) is 23.8. The molecule has 3 aromatic carbocycles. The molecule has 0 radical (unpaired) electrons. The van der Waals surface area contributed by atoms with Crippen LogP contribution in [-0.2, 0) is 0 Å². The van der Waals surface area contributed by atoms with Gasteiger partial charge in [-0.3, -0.25) is 9.59 Å². The molecule has 2 amide bonds. The molecule has 3 aromatic rings. The first-order valence-corrected chi connectivity index (χ1v) is 11.1. The Kier molecular flexibility index (Phi) is 8.08. The SMILES string of the molecule is COc1cccc(C(=O)Nc2ccc(Nc3ccc(C(=O)NCCC(C)C)cc3C)cc2)c1. The van der Waals surface area contributed by atoms with Crippen LogP contribution in [0.2, 0.25) is 0 Å². The molecule has 0 unspecified atom stereocenters. The molecule has 33 heavy (non-hydrogen) atoms. The van der Waals surface area contributed by atoms with Gasteiger partial charge in [0, 0.05) is 34.7 Å². The first-order valence-electron chi connectivity index (χ1n) is 11.1. The molecule has 0 aliphatic heterocycles. The summed E-state index contributed by atoms with van der Waals surface area (Å²) in [7, 11) is 1.57. The van der Waals surface area contributed by atoms with Gasteiger partial charge < -0.3 is 20.7 Å². The van der Waals surface area contributed by atoms with E-state index in [1.54, 1.807) is 31.4 Å². The maximum Gasteiger partial charge on any atom is 0.255 e. The van der Waals surface area contributed by atoms with E-state index in [4.69, 9.17) is 4.74 Å². The van der Waals surface area contributed by atoms with E-state index in [-0.39, 0.29) is 11.8 Å². The summed E-state index contributed by atoms with van der Waals surface area (Å²) in [4.78, 5) is 24.8. The van der Waals surface area contributed by atoms with E-state index in [2.05, 4.69) is 29.8 Å². The number of benzene rings is 3. The van der Waals surface area contributed by atoms with Crippen LogP contribution >= 0.6 is 0 Å². The Morgan fingerprint density at radius 3 is 2.24 bits per heavy atom. The van der Waals surface area contributed by atoms with Gasteiger partial charge in [-0.15, -0.1) is 0 Å². The van der Waals surface area contributed by atoms with Crippen LogP contribution in [0.15, 0.2) is 66.7 Å². The number of nitrogens with one attached hydrogen (secondary N) is 3. The Morgan fingerprint density at radius 2 is 1.58 bits per heavy atom. The minimum atomic E-state index is -0.201. The van der Waals surface area contributed by atoms with Crippen molar-refractivity contribution in [2.75, 3.05) is 24.3 Å². The number of rotatable bonds is 9. The van der Waals surface area contributed by atoms with E-state index in [1.165, 1.54) is 0 Å². The van der Waals surface area contributed by atoms with Crippen molar-refractivity contribution in [3.63, 3.8) is 0 Å². The summed E-state index contributed by atoms with van der Waals surface area (Å²) in [5.74, 6) is 0.936. The lowest BCUT2D eigenvalue weighted by Crippen LogP contribution is -2.25. The number of ether oxygens (including phenoxy) is 1. The Balaban J connectivity index is 1.60. The highest BCUT2D eigenvalue weighted by atomic mass is 16.5. The van der Waals surface area contributed by atoms with Crippen LogP contribution in [0.1, 0.15) is 46.5 Å². The summed E-state index contributed by atoms with van der Waals surface area (Å²) in [6.07, 6.45) is 0.959. The van der Waals surface area contributed by atoms with E-state index in [0.717, 1.165) is 23.4 Å². The number of methoxy groups -OCH3 is 1. The molecule has 0 heterocycles. The molecule has 6 nitrogen and oxygen atoms in total. The largest absolute Gasteiger partial charge is 0.497 e. The van der Waals surface area contributed by atoms with E-state index in [1.807, 2.05) is 49.4 Å². The Labute approximate surface area is 195 Å². The fourth-order valence-electron chi connectivity index (χ4n) is 3.28. The second-order valence-corrected chi connectivity index (χ2v) is 8.36. The van der Waals surface area contributed by atoms with Crippen LogP contribution < -0.4 is 20.7 Å². The Morgan fingerprint density at radius 1 is 0.879 bits per heavy atom. The third kappa shape index (κ3) is 6.84. The van der Waals surface area contributed by atoms with Crippen LogP contribution in [0, 0.1) is 12.8 Å². The van der Waals surface area contributed by atoms with Gasteiger partial charge in [0.1, 0.15) is 5.75 Å². The lowest BCUT2D eigenvalue weighted by Gasteiger charge is -2.13. The summed E-state index contributed by atoms with van der Waals surface area (Å²) in [5, 5.41) is 9.22. The van der Waals surface area contributed by atoms with Gasteiger partial charge in [0.25, 0.3) is 11.8 Å². The summed E-state index contributed by atoms with van der Waals surface area (Å²) in [6.45, 7) is 6.92. The van der Waals surface area contributed by atoms with E-state index in [9.17, 15) is 9.59 Å². The number of carbonyl (C=O) groups is 2. The molecule has 0 saturated heterocycles. The van der Waals surface area contributed by atoms with Crippen LogP contribution in [0.4, 0.5) is 17.1 Å². The molecule has 3 rings (SSSR count). The van der Waals surface area contributed by atoms with Gasteiger partial charge in [-0.25, -0.2) is 0 Å². The number of aryl methyl sites for hydroxylation is 1. The van der Waals surface area contributed by atoms with E-state index in [0.29, 0.717) is 35.0 Å². The van der Waals surface area contributed by atoms with Gasteiger partial charge in [0.15, 0.2) is 0 Å². The van der Waals surface area contributed by atoms with E-state index < -0.39 is 0 Å². The summed E-state index contributed by atoms with van der Waals surface area (Å²) >= 11 is 0. The quantitative estimate of drug-likeness (QED) is 0.390. The zero-order valence-corrected chi connectivity index (χ0v) is 19.6. The minimum Gasteiger partial charge on any atom is -0.497 e. The highest BCUT2D eigenvalue weighted by Crippen LogP contribution is 2.23. The van der Waals surface area contributed by atoms with Crippen LogP contribution in [0.3, 0.4) is 0 Å². The lowest BCUT2D eigenvalue weighted by atomic mass is 10.1. The standard InChI is InChI=1S/C27H31N3O3/c1-18(2)14-15-28-26(31)21-8-13-25(19(3)16-21)29-22-9-11-23(12-10-22)30-27(32)20-6-5-7-24(17-20)33-4/h5-13,16-18,29H,14-15H2,1-4H3,(H,28,31)(H,30,32). The van der Waals surface area contributed by atoms with Gasteiger partial charge >= 0.3 is 0 Å². The molecule has 0 atom stereocenters. The van der Waals surface area contributed by atoms with Crippen molar-refractivity contribution < 1.29 is 14.3 Å². The third-order valence-electron chi connectivity index (χ3n) is 5.25. The number of anilines is 3. The molecule has 3 N–H and O–H groups in total. The van der Waals surface area contributed by atoms with Crippen molar-refractivity contribution in [2.45, 2.75) is 27.2 Å². The van der Waals surface area contributed by atoms with Gasteiger partial charge in [-0.2, -0.15) is 0 Å². The highest BCUT2D eigenvalue weighted by Gasteiger charge is 2.09.